The van der Waals surface area contributed by atoms with Crippen molar-refractivity contribution >= 4 is 11.7 Å². The Bertz CT molecular complexity index is 590. The molecule has 2 aromatic rings. The van der Waals surface area contributed by atoms with Crippen LogP contribution in [0.25, 0.3) is 5.08 Å². The molecule has 2 aromatic heterocycles. The molecule has 0 radical (unpaired) electrons. The van der Waals surface area contributed by atoms with Crippen molar-refractivity contribution in [2.45, 2.75) is 13.8 Å². The number of furan rings is 1. The van der Waals surface area contributed by atoms with E-state index in [1.165, 1.54) is 6.26 Å². The maximum absolute atomic E-state index is 8.59. The number of diazo groups is 1. The molecule has 0 unspecified atom stereocenters. The fraction of sp³-hybridized carbons (Fsp3) is 0.167. The first-order valence-electron chi connectivity index (χ1n) is 5.37. The first-order valence-corrected chi connectivity index (χ1v) is 5.37. The van der Waals surface area contributed by atoms with Gasteiger partial charge in [-0.1, -0.05) is 0 Å². The van der Waals surface area contributed by atoms with E-state index in [0.29, 0.717) is 17.4 Å². The van der Waals surface area contributed by atoms with Crippen LogP contribution in [0.1, 0.15) is 17.0 Å². The monoisotopic (exact) mass is 242 g/mol. The summed E-state index contributed by atoms with van der Waals surface area (Å²) in [6.45, 7) is 3.85. The van der Waals surface area contributed by atoms with Gasteiger partial charge >= 0.3 is 5.08 Å². The van der Waals surface area contributed by atoms with Crippen LogP contribution in [0.3, 0.4) is 0 Å². The molecule has 18 heavy (non-hydrogen) atoms. The van der Waals surface area contributed by atoms with Crippen LogP contribution in [-0.2, 0) is 0 Å². The van der Waals surface area contributed by atoms with Gasteiger partial charge in [-0.25, -0.2) is 9.98 Å². The Balaban J connectivity index is 2.42. The molecule has 6 heteroatoms. The fourth-order valence-corrected chi connectivity index (χ4v) is 1.59. The number of aliphatic imine (C=N–C) groups is 1. The standard InChI is InChI=1S/C12H12N5O/c1-8-6-9(2)14-11(7-8)15-12(16-17-13)10-4-3-5-18-10/h3-7H,1-2H3,(H,14,15,16)/q+1. The van der Waals surface area contributed by atoms with E-state index in [2.05, 4.69) is 20.5 Å². The molecule has 1 N–H and O–H groups in total. The summed E-state index contributed by atoms with van der Waals surface area (Å²) < 4.78 is 5.19. The van der Waals surface area contributed by atoms with Gasteiger partial charge in [0.15, 0.2) is 11.6 Å². The normalized spacial score (nSPS) is 11.1. The summed E-state index contributed by atoms with van der Waals surface area (Å²) in [7, 11) is 0. The molecule has 2 heterocycles. The lowest BCUT2D eigenvalue weighted by Gasteiger charge is -1.99. The molecule has 2 rings (SSSR count). The predicted octanol–water partition coefficient (Wildman–Crippen LogP) is 2.73. The zero-order chi connectivity index (χ0) is 13.0. The third-order valence-corrected chi connectivity index (χ3v) is 2.22. The highest BCUT2D eigenvalue weighted by Crippen LogP contribution is 2.14. The van der Waals surface area contributed by atoms with E-state index in [0.717, 1.165) is 11.3 Å². The van der Waals surface area contributed by atoms with Gasteiger partial charge in [0, 0.05) is 11.1 Å². The van der Waals surface area contributed by atoms with Crippen LogP contribution < -0.4 is 5.43 Å². The minimum absolute atomic E-state index is 0.292. The number of nitrogens with zero attached hydrogens (tertiary/aromatic N) is 4. The van der Waals surface area contributed by atoms with Crippen LogP contribution in [0.15, 0.2) is 39.9 Å². The molecule has 0 saturated carbocycles. The van der Waals surface area contributed by atoms with Crippen LogP contribution in [0.2, 0.25) is 0 Å². The van der Waals surface area contributed by atoms with Crippen LogP contribution in [0.4, 0.5) is 5.82 Å². The predicted molar refractivity (Wildman–Crippen MR) is 66.8 cm³/mol. The Kier molecular flexibility index (Phi) is 3.34. The maximum atomic E-state index is 8.59. The average Bonchev–Trinajstić information content (AvgIpc) is 2.80. The Morgan fingerprint density at radius 2 is 2.28 bits per heavy atom. The van der Waals surface area contributed by atoms with E-state index < -0.39 is 0 Å². The number of rotatable bonds is 2. The van der Waals surface area contributed by atoms with Crippen molar-refractivity contribution < 1.29 is 4.42 Å². The third kappa shape index (κ3) is 2.71. The summed E-state index contributed by atoms with van der Waals surface area (Å²) in [5, 5.41) is 11.5. The molecular weight excluding hydrogens is 230 g/mol. The SMILES string of the molecule is Cc1cc(C)nc(/N=C(/N[N+]#N)c2ccco2)c1. The van der Waals surface area contributed by atoms with Crippen LogP contribution in [0, 0.1) is 19.2 Å². The summed E-state index contributed by atoms with van der Waals surface area (Å²) in [6.07, 6.45) is 1.51. The topological polar surface area (TPSA) is 78.6 Å². The lowest BCUT2D eigenvalue weighted by molar-refractivity contribution is 0.555. The van der Waals surface area contributed by atoms with E-state index >= 15 is 0 Å². The molecule has 0 aromatic carbocycles. The van der Waals surface area contributed by atoms with Crippen molar-refractivity contribution in [1.82, 2.24) is 10.4 Å². The first-order chi connectivity index (χ1) is 8.69. The smallest absolute Gasteiger partial charge is 0.309 e. The number of nitrogens with one attached hydrogen (secondary N) is 1. The highest BCUT2D eigenvalue weighted by atomic mass is 16.3. The van der Waals surface area contributed by atoms with Crippen molar-refractivity contribution in [3.8, 4) is 0 Å². The number of hydrogen-bond acceptors (Lipinski definition) is 4. The van der Waals surface area contributed by atoms with Crippen molar-refractivity contribution in [2.75, 3.05) is 0 Å². The second kappa shape index (κ2) is 5.10. The lowest BCUT2D eigenvalue weighted by Crippen LogP contribution is -2.15. The highest BCUT2D eigenvalue weighted by Gasteiger charge is 2.12. The molecule has 0 bridgehead atoms. The van der Waals surface area contributed by atoms with Crippen molar-refractivity contribution in [2.24, 2.45) is 4.99 Å². The zero-order valence-corrected chi connectivity index (χ0v) is 10.1. The van der Waals surface area contributed by atoms with Gasteiger partial charge in [-0.2, -0.15) is 0 Å². The number of hydrogen-bond donors (Lipinski definition) is 1. The Morgan fingerprint density at radius 1 is 1.44 bits per heavy atom. The molecule has 0 fully saturated rings. The molecule has 0 atom stereocenters. The minimum atomic E-state index is 0.292. The highest BCUT2D eigenvalue weighted by molar-refractivity contribution is 5.97. The van der Waals surface area contributed by atoms with E-state index in [4.69, 9.17) is 9.81 Å². The van der Waals surface area contributed by atoms with E-state index in [1.807, 2.05) is 26.0 Å². The molecule has 0 amide bonds. The zero-order valence-electron chi connectivity index (χ0n) is 10.1. The van der Waals surface area contributed by atoms with Gasteiger partial charge in [-0.3, -0.25) is 0 Å². The molecule has 0 saturated heterocycles. The van der Waals surface area contributed by atoms with Crippen LogP contribution in [-0.4, -0.2) is 10.8 Å². The Morgan fingerprint density at radius 3 is 2.89 bits per heavy atom. The number of amidine groups is 1. The summed E-state index contributed by atoms with van der Waals surface area (Å²) in [5.74, 6) is 1.28. The quantitative estimate of drug-likeness (QED) is 0.380. The fourth-order valence-electron chi connectivity index (χ4n) is 1.59. The molecule has 0 aliphatic heterocycles. The largest absolute Gasteiger partial charge is 0.461 e. The summed E-state index contributed by atoms with van der Waals surface area (Å²) in [5.41, 5.74) is 4.29. The first kappa shape index (κ1) is 11.8. The van der Waals surface area contributed by atoms with Gasteiger partial charge in [0.2, 0.25) is 0 Å². The second-order valence-electron chi connectivity index (χ2n) is 3.79. The van der Waals surface area contributed by atoms with Gasteiger partial charge in [-0.15, -0.1) is 0 Å². The molecule has 0 aliphatic rings. The molecule has 0 aliphatic carbocycles. The molecular formula is C12H12N5O+. The number of aromatic nitrogens is 1. The maximum Gasteiger partial charge on any atom is 0.309 e. The van der Waals surface area contributed by atoms with E-state index in [9.17, 15) is 0 Å². The molecule has 0 spiro atoms. The second-order valence-corrected chi connectivity index (χ2v) is 3.79. The van der Waals surface area contributed by atoms with Gasteiger partial charge in [0.25, 0.3) is 11.2 Å². The summed E-state index contributed by atoms with van der Waals surface area (Å²) in [6, 6.07) is 7.21. The Hall–Kier alpha value is -2.68. The van der Waals surface area contributed by atoms with Crippen molar-refractivity contribution in [3.05, 3.63) is 52.6 Å². The summed E-state index contributed by atoms with van der Waals surface area (Å²) >= 11 is 0. The minimum Gasteiger partial charge on any atom is -0.461 e. The van der Waals surface area contributed by atoms with E-state index in [-0.39, 0.29) is 0 Å². The van der Waals surface area contributed by atoms with Crippen molar-refractivity contribution in [3.63, 3.8) is 0 Å². The molecule has 90 valence electrons. The van der Waals surface area contributed by atoms with Gasteiger partial charge < -0.3 is 4.42 Å². The van der Waals surface area contributed by atoms with Crippen LogP contribution in [0.5, 0.6) is 0 Å². The number of aryl methyl sites for hydroxylation is 2. The van der Waals surface area contributed by atoms with Gasteiger partial charge in [0.1, 0.15) is 0 Å². The number of pyridine rings is 1. The van der Waals surface area contributed by atoms with Gasteiger partial charge in [0.05, 0.1) is 6.26 Å². The summed E-state index contributed by atoms with van der Waals surface area (Å²) in [4.78, 5) is 8.53. The van der Waals surface area contributed by atoms with Crippen molar-refractivity contribution in [1.29, 1.82) is 5.39 Å². The third-order valence-electron chi connectivity index (χ3n) is 2.22. The van der Waals surface area contributed by atoms with Gasteiger partial charge in [-0.05, 0) is 43.7 Å². The van der Waals surface area contributed by atoms with E-state index in [1.54, 1.807) is 12.1 Å². The Labute approximate surface area is 104 Å². The van der Waals surface area contributed by atoms with Crippen LogP contribution >= 0.6 is 0 Å². The average molecular weight is 242 g/mol. The lowest BCUT2D eigenvalue weighted by atomic mass is 10.2. The molecule has 6 nitrogen and oxygen atoms in total.